The third-order valence-electron chi connectivity index (χ3n) is 4.52. The van der Waals surface area contributed by atoms with Gasteiger partial charge >= 0.3 is 0 Å². The van der Waals surface area contributed by atoms with Crippen LogP contribution in [-0.2, 0) is 11.3 Å². The first-order valence-corrected chi connectivity index (χ1v) is 7.87. The topological polar surface area (TPSA) is 34.0 Å². The molecule has 0 spiro atoms. The number of amides is 1. The second-order valence-electron chi connectivity index (χ2n) is 6.23. The van der Waals surface area contributed by atoms with Crippen LogP contribution in [0.25, 0.3) is 10.9 Å². The van der Waals surface area contributed by atoms with Crippen LogP contribution in [0.3, 0.4) is 0 Å². The number of anilines is 1. The van der Waals surface area contributed by atoms with Crippen molar-refractivity contribution in [3.8, 4) is 0 Å². The maximum Gasteiger partial charge on any atom is 0.248 e. The predicted octanol–water partition coefficient (Wildman–Crippen LogP) is 4.59. The van der Waals surface area contributed by atoms with Crippen molar-refractivity contribution in [3.63, 3.8) is 0 Å². The van der Waals surface area contributed by atoms with Gasteiger partial charge in [0.15, 0.2) is 0 Å². The van der Waals surface area contributed by atoms with Gasteiger partial charge in [0.05, 0.1) is 0 Å². The lowest BCUT2D eigenvalue weighted by atomic mass is 9.87. The minimum Gasteiger partial charge on any atom is -0.347 e. The van der Waals surface area contributed by atoms with E-state index in [1.807, 2.05) is 30.5 Å². The summed E-state index contributed by atoms with van der Waals surface area (Å²) in [5, 5.41) is 3.76. The Hall–Kier alpha value is -2.17. The summed E-state index contributed by atoms with van der Waals surface area (Å²) in [4.78, 5) is 11.3. The molecule has 1 saturated carbocycles. The average Bonchev–Trinajstić information content (AvgIpc) is 2.91. The lowest BCUT2D eigenvalue weighted by Gasteiger charge is -2.28. The Morgan fingerprint density at radius 2 is 2.09 bits per heavy atom. The van der Waals surface area contributed by atoms with Crippen LogP contribution in [0.2, 0.25) is 0 Å². The van der Waals surface area contributed by atoms with Crippen molar-refractivity contribution in [2.45, 2.75) is 38.2 Å². The SMILES string of the molecule is C=CC(=O)Nc1ccc2c(ccn2CC2CCC(F)(F)CC2)c1. The number of nitrogens with one attached hydrogen (secondary N) is 1. The van der Waals surface area contributed by atoms with E-state index in [1.54, 1.807) is 0 Å². The van der Waals surface area contributed by atoms with Gasteiger partial charge in [-0.05, 0) is 49.1 Å². The van der Waals surface area contributed by atoms with Gasteiger partial charge in [0.25, 0.3) is 0 Å². The fourth-order valence-electron chi connectivity index (χ4n) is 3.19. The zero-order valence-electron chi connectivity index (χ0n) is 12.9. The molecule has 2 aromatic rings. The second kappa shape index (κ2) is 6.14. The number of benzene rings is 1. The smallest absolute Gasteiger partial charge is 0.248 e. The molecule has 122 valence electrons. The normalized spacial score (nSPS) is 18.0. The third kappa shape index (κ3) is 3.60. The fourth-order valence-corrected chi connectivity index (χ4v) is 3.19. The minimum absolute atomic E-state index is 0.00536. The zero-order chi connectivity index (χ0) is 16.4. The van der Waals surface area contributed by atoms with Crippen LogP contribution in [0.15, 0.2) is 43.1 Å². The molecule has 0 radical (unpaired) electrons. The molecule has 3 nitrogen and oxygen atoms in total. The summed E-state index contributed by atoms with van der Waals surface area (Å²) in [6.45, 7) is 4.19. The Kier molecular flexibility index (Phi) is 4.20. The van der Waals surface area contributed by atoms with Crippen LogP contribution in [0.1, 0.15) is 25.7 Å². The van der Waals surface area contributed by atoms with Gasteiger partial charge in [0, 0.05) is 42.2 Å². The number of carbonyl (C=O) groups is 1. The van der Waals surface area contributed by atoms with Gasteiger partial charge in [0.2, 0.25) is 11.8 Å². The van der Waals surface area contributed by atoms with Crippen molar-refractivity contribution in [1.29, 1.82) is 0 Å². The van der Waals surface area contributed by atoms with E-state index in [4.69, 9.17) is 0 Å². The van der Waals surface area contributed by atoms with Crippen molar-refractivity contribution in [1.82, 2.24) is 4.57 Å². The molecule has 0 aliphatic heterocycles. The largest absolute Gasteiger partial charge is 0.347 e. The van der Waals surface area contributed by atoms with Crippen molar-refractivity contribution in [2.24, 2.45) is 5.92 Å². The van der Waals surface area contributed by atoms with Gasteiger partial charge in [-0.1, -0.05) is 6.58 Å². The molecule has 1 aromatic heterocycles. The highest BCUT2D eigenvalue weighted by atomic mass is 19.3. The van der Waals surface area contributed by atoms with Crippen LogP contribution >= 0.6 is 0 Å². The monoisotopic (exact) mass is 318 g/mol. The second-order valence-corrected chi connectivity index (χ2v) is 6.23. The number of halogens is 2. The number of carbonyl (C=O) groups excluding carboxylic acids is 1. The molecule has 1 aliphatic rings. The van der Waals surface area contributed by atoms with Crippen LogP contribution < -0.4 is 5.32 Å². The van der Waals surface area contributed by atoms with Crippen LogP contribution in [0.4, 0.5) is 14.5 Å². The number of alkyl halides is 2. The third-order valence-corrected chi connectivity index (χ3v) is 4.52. The molecule has 0 atom stereocenters. The predicted molar refractivity (Wildman–Crippen MR) is 87.7 cm³/mol. The van der Waals surface area contributed by atoms with Gasteiger partial charge < -0.3 is 9.88 Å². The van der Waals surface area contributed by atoms with E-state index >= 15 is 0 Å². The molecule has 0 unspecified atom stereocenters. The van der Waals surface area contributed by atoms with Crippen molar-refractivity contribution in [3.05, 3.63) is 43.1 Å². The molecule has 1 heterocycles. The van der Waals surface area contributed by atoms with Crippen LogP contribution in [-0.4, -0.2) is 16.4 Å². The molecule has 3 rings (SSSR count). The van der Waals surface area contributed by atoms with Gasteiger partial charge in [-0.15, -0.1) is 0 Å². The summed E-state index contributed by atoms with van der Waals surface area (Å²) in [6.07, 6.45) is 4.34. The van der Waals surface area contributed by atoms with Crippen molar-refractivity contribution >= 4 is 22.5 Å². The fraction of sp³-hybridized carbons (Fsp3) is 0.389. The highest BCUT2D eigenvalue weighted by Crippen LogP contribution is 2.37. The number of fused-ring (bicyclic) bond motifs is 1. The minimum atomic E-state index is -2.48. The first kappa shape index (κ1) is 15.7. The Balaban J connectivity index is 1.73. The van der Waals surface area contributed by atoms with Crippen LogP contribution in [0, 0.1) is 5.92 Å². The Morgan fingerprint density at radius 3 is 2.78 bits per heavy atom. The molecule has 1 N–H and O–H groups in total. The Labute approximate surface area is 134 Å². The lowest BCUT2D eigenvalue weighted by molar-refractivity contribution is -0.111. The molecule has 0 saturated heterocycles. The molecule has 5 heteroatoms. The number of nitrogens with zero attached hydrogens (tertiary/aromatic N) is 1. The summed E-state index contributed by atoms with van der Waals surface area (Å²) < 4.78 is 28.6. The van der Waals surface area contributed by atoms with Gasteiger partial charge in [0.1, 0.15) is 0 Å². The molecule has 0 bridgehead atoms. The number of aromatic nitrogens is 1. The molecule has 1 fully saturated rings. The highest BCUT2D eigenvalue weighted by Gasteiger charge is 2.34. The Morgan fingerprint density at radius 1 is 1.35 bits per heavy atom. The maximum absolute atomic E-state index is 13.2. The summed E-state index contributed by atoms with van der Waals surface area (Å²) in [5.41, 5.74) is 1.77. The molecule has 23 heavy (non-hydrogen) atoms. The standard InChI is InChI=1S/C18H20F2N2O/c1-2-17(23)21-15-3-4-16-14(11-15)7-10-22(16)12-13-5-8-18(19,20)9-6-13/h2-4,7,10-11,13H,1,5-6,8-9,12H2,(H,21,23). The number of hydrogen-bond acceptors (Lipinski definition) is 1. The first-order valence-electron chi connectivity index (χ1n) is 7.87. The molecular formula is C18H20F2N2O. The number of rotatable bonds is 4. The summed E-state index contributed by atoms with van der Waals surface area (Å²) in [7, 11) is 0. The van der Waals surface area contributed by atoms with E-state index in [2.05, 4.69) is 16.5 Å². The molecular weight excluding hydrogens is 298 g/mol. The van der Waals surface area contributed by atoms with Crippen molar-refractivity contribution in [2.75, 3.05) is 5.32 Å². The van der Waals surface area contributed by atoms with Crippen molar-refractivity contribution < 1.29 is 13.6 Å². The lowest BCUT2D eigenvalue weighted by Crippen LogP contribution is -2.26. The van der Waals surface area contributed by atoms with Crippen LogP contribution in [0.5, 0.6) is 0 Å². The van der Waals surface area contributed by atoms with E-state index in [0.29, 0.717) is 18.8 Å². The quantitative estimate of drug-likeness (QED) is 0.822. The highest BCUT2D eigenvalue weighted by molar-refractivity contribution is 6.00. The molecule has 1 aromatic carbocycles. The molecule has 1 aliphatic carbocycles. The van der Waals surface area contributed by atoms with Gasteiger partial charge in [-0.25, -0.2) is 8.78 Å². The van der Waals surface area contributed by atoms with E-state index in [0.717, 1.165) is 23.1 Å². The average molecular weight is 318 g/mol. The van der Waals surface area contributed by atoms with Gasteiger partial charge in [-0.3, -0.25) is 4.79 Å². The van der Waals surface area contributed by atoms with E-state index < -0.39 is 5.92 Å². The summed E-state index contributed by atoms with van der Waals surface area (Å²) in [6, 6.07) is 7.68. The summed E-state index contributed by atoms with van der Waals surface area (Å²) >= 11 is 0. The first-order chi connectivity index (χ1) is 11.0. The van der Waals surface area contributed by atoms with E-state index in [9.17, 15) is 13.6 Å². The summed E-state index contributed by atoms with van der Waals surface area (Å²) in [5.74, 6) is -2.43. The number of hydrogen-bond donors (Lipinski definition) is 1. The van der Waals surface area contributed by atoms with E-state index in [-0.39, 0.29) is 18.7 Å². The Bertz CT molecular complexity index is 726. The van der Waals surface area contributed by atoms with E-state index in [1.165, 1.54) is 6.08 Å². The van der Waals surface area contributed by atoms with Gasteiger partial charge in [-0.2, -0.15) is 0 Å². The molecule has 1 amide bonds. The zero-order valence-corrected chi connectivity index (χ0v) is 12.9. The maximum atomic E-state index is 13.2.